The van der Waals surface area contributed by atoms with Gasteiger partial charge >= 0.3 is 0 Å². The molecule has 2 aliphatic rings. The summed E-state index contributed by atoms with van der Waals surface area (Å²) in [5, 5.41) is 1.27. The molecular formula is C33H38N4OS. The van der Waals surface area contributed by atoms with Gasteiger partial charge in [-0.25, -0.2) is 9.97 Å². The van der Waals surface area contributed by atoms with Crippen LogP contribution in [0.3, 0.4) is 0 Å². The van der Waals surface area contributed by atoms with Crippen molar-refractivity contribution in [1.82, 2.24) is 14.9 Å². The molecule has 1 fully saturated rings. The van der Waals surface area contributed by atoms with Gasteiger partial charge in [-0.15, -0.1) is 11.3 Å². The number of aryl methyl sites for hydroxylation is 3. The highest BCUT2D eigenvalue weighted by Crippen LogP contribution is 2.39. The molecule has 6 heteroatoms. The number of piperazine rings is 1. The SMILES string of the molecule is CCCCc1ccc(C(=O)N2CCN(c3nc(Cc4ccccc4)nc4sc5c(c34)CCCCC5)CC2)cc1. The van der Waals surface area contributed by atoms with Gasteiger partial charge in [-0.1, -0.05) is 62.2 Å². The standard InChI is InChI=1S/C33H38N4OS/c1-2-3-10-24-15-17-26(18-16-24)33(38)37-21-19-36(20-22-37)31-30-27-13-8-5-9-14-28(27)39-32(30)35-29(34-31)23-25-11-6-4-7-12-25/h4,6-7,11-12,15-18H,2-3,5,8-10,13-14,19-23H2,1H3. The van der Waals surface area contributed by atoms with Crippen molar-refractivity contribution in [1.29, 1.82) is 0 Å². The summed E-state index contributed by atoms with van der Waals surface area (Å²) < 4.78 is 0. The first kappa shape index (κ1) is 26.0. The fourth-order valence-electron chi connectivity index (χ4n) is 5.94. The van der Waals surface area contributed by atoms with Gasteiger partial charge in [0, 0.05) is 43.0 Å². The number of unbranched alkanes of at least 4 members (excludes halogenated alkanes) is 1. The molecule has 0 saturated carbocycles. The highest BCUT2D eigenvalue weighted by atomic mass is 32.1. The van der Waals surface area contributed by atoms with Crippen LogP contribution in [0, 0.1) is 0 Å². The molecule has 39 heavy (non-hydrogen) atoms. The lowest BCUT2D eigenvalue weighted by atomic mass is 10.1. The van der Waals surface area contributed by atoms with Crippen LogP contribution in [-0.2, 0) is 25.7 Å². The largest absolute Gasteiger partial charge is 0.352 e. The molecule has 0 spiro atoms. The van der Waals surface area contributed by atoms with Gasteiger partial charge in [0.1, 0.15) is 16.5 Å². The summed E-state index contributed by atoms with van der Waals surface area (Å²) in [4.78, 5) is 30.7. The molecule has 6 rings (SSSR count). The summed E-state index contributed by atoms with van der Waals surface area (Å²) >= 11 is 1.88. The zero-order valence-corrected chi connectivity index (χ0v) is 23.8. The molecule has 0 N–H and O–H groups in total. The number of rotatable bonds is 7. The molecule has 1 amide bonds. The van der Waals surface area contributed by atoms with Crippen molar-refractivity contribution in [2.75, 3.05) is 31.1 Å². The summed E-state index contributed by atoms with van der Waals surface area (Å²) in [6.07, 6.45) is 10.3. The van der Waals surface area contributed by atoms with Crippen molar-refractivity contribution in [3.63, 3.8) is 0 Å². The smallest absolute Gasteiger partial charge is 0.253 e. The average molecular weight is 539 g/mol. The van der Waals surface area contributed by atoms with E-state index >= 15 is 0 Å². The Morgan fingerprint density at radius 1 is 0.872 bits per heavy atom. The van der Waals surface area contributed by atoms with Crippen LogP contribution in [0.1, 0.15) is 76.8 Å². The minimum atomic E-state index is 0.138. The van der Waals surface area contributed by atoms with Gasteiger partial charge in [0.05, 0.1) is 5.39 Å². The van der Waals surface area contributed by atoms with Gasteiger partial charge in [-0.05, 0) is 67.3 Å². The van der Waals surface area contributed by atoms with E-state index in [1.807, 2.05) is 28.4 Å². The van der Waals surface area contributed by atoms with Crippen LogP contribution >= 0.6 is 11.3 Å². The third-order valence-corrected chi connectivity index (χ3v) is 9.37. The Kier molecular flexibility index (Phi) is 7.91. The summed E-state index contributed by atoms with van der Waals surface area (Å²) in [7, 11) is 0. The highest BCUT2D eigenvalue weighted by Gasteiger charge is 2.27. The van der Waals surface area contributed by atoms with Gasteiger partial charge in [-0.2, -0.15) is 0 Å². The molecule has 0 bridgehead atoms. The molecule has 2 aromatic heterocycles. The molecule has 1 saturated heterocycles. The van der Waals surface area contributed by atoms with E-state index in [1.165, 1.54) is 59.1 Å². The van der Waals surface area contributed by atoms with Crippen LogP contribution in [0.5, 0.6) is 0 Å². The topological polar surface area (TPSA) is 49.3 Å². The minimum Gasteiger partial charge on any atom is -0.352 e. The number of nitrogens with zero attached hydrogens (tertiary/aromatic N) is 4. The monoisotopic (exact) mass is 538 g/mol. The first-order valence-electron chi connectivity index (χ1n) is 14.7. The predicted molar refractivity (Wildman–Crippen MR) is 161 cm³/mol. The maximum Gasteiger partial charge on any atom is 0.253 e. The van der Waals surface area contributed by atoms with Crippen molar-refractivity contribution in [2.24, 2.45) is 0 Å². The van der Waals surface area contributed by atoms with Crippen LogP contribution in [0.4, 0.5) is 5.82 Å². The van der Waals surface area contributed by atoms with Crippen LogP contribution < -0.4 is 4.90 Å². The number of thiophene rings is 1. The second kappa shape index (κ2) is 11.9. The fraction of sp³-hybridized carbons (Fsp3) is 0.424. The molecule has 3 heterocycles. The molecule has 0 radical (unpaired) electrons. The summed E-state index contributed by atoms with van der Waals surface area (Å²) in [5.74, 6) is 2.11. The van der Waals surface area contributed by atoms with Crippen LogP contribution in [0.15, 0.2) is 54.6 Å². The number of anilines is 1. The Labute approximate surface area is 235 Å². The Morgan fingerprint density at radius 3 is 2.41 bits per heavy atom. The highest BCUT2D eigenvalue weighted by molar-refractivity contribution is 7.19. The van der Waals surface area contributed by atoms with E-state index in [1.54, 1.807) is 0 Å². The van der Waals surface area contributed by atoms with E-state index in [-0.39, 0.29) is 5.91 Å². The molecule has 0 unspecified atom stereocenters. The second-order valence-corrected chi connectivity index (χ2v) is 12.0. The van der Waals surface area contributed by atoms with Crippen LogP contribution in [0.25, 0.3) is 10.2 Å². The Bertz CT molecular complexity index is 1420. The van der Waals surface area contributed by atoms with E-state index in [0.717, 1.165) is 60.8 Å². The number of hydrogen-bond acceptors (Lipinski definition) is 5. The molecule has 1 aliphatic carbocycles. The molecule has 2 aromatic carbocycles. The number of amides is 1. The van der Waals surface area contributed by atoms with Gasteiger partial charge in [0.2, 0.25) is 0 Å². The first-order valence-corrected chi connectivity index (χ1v) is 15.5. The fourth-order valence-corrected chi connectivity index (χ4v) is 7.22. The van der Waals surface area contributed by atoms with Crippen molar-refractivity contribution < 1.29 is 4.79 Å². The lowest BCUT2D eigenvalue weighted by molar-refractivity contribution is 0.0746. The van der Waals surface area contributed by atoms with E-state index in [9.17, 15) is 4.79 Å². The lowest BCUT2D eigenvalue weighted by Gasteiger charge is -2.36. The summed E-state index contributed by atoms with van der Waals surface area (Å²) in [5.41, 5.74) is 4.82. The molecule has 1 aliphatic heterocycles. The zero-order chi connectivity index (χ0) is 26.6. The predicted octanol–water partition coefficient (Wildman–Crippen LogP) is 6.86. The lowest BCUT2D eigenvalue weighted by Crippen LogP contribution is -2.49. The molecule has 4 aromatic rings. The first-order chi connectivity index (χ1) is 19.2. The number of hydrogen-bond donors (Lipinski definition) is 0. The van der Waals surface area contributed by atoms with Crippen molar-refractivity contribution >= 4 is 33.3 Å². The quantitative estimate of drug-likeness (QED) is 0.241. The third kappa shape index (κ3) is 5.72. The average Bonchev–Trinajstić information content (AvgIpc) is 3.16. The van der Waals surface area contributed by atoms with Gasteiger partial charge in [0.15, 0.2) is 0 Å². The van der Waals surface area contributed by atoms with Crippen LogP contribution in [-0.4, -0.2) is 47.0 Å². The Morgan fingerprint density at radius 2 is 1.64 bits per heavy atom. The Balaban J connectivity index is 1.24. The molecule has 0 atom stereocenters. The van der Waals surface area contributed by atoms with E-state index < -0.39 is 0 Å². The number of carbonyl (C=O) groups excluding carboxylic acids is 1. The van der Waals surface area contributed by atoms with Gasteiger partial charge in [0.25, 0.3) is 5.91 Å². The number of benzene rings is 2. The minimum absolute atomic E-state index is 0.138. The number of aromatic nitrogens is 2. The van der Waals surface area contributed by atoms with E-state index in [4.69, 9.17) is 9.97 Å². The van der Waals surface area contributed by atoms with Crippen molar-refractivity contribution in [3.8, 4) is 0 Å². The Hall–Kier alpha value is -3.25. The number of carbonyl (C=O) groups is 1. The third-order valence-electron chi connectivity index (χ3n) is 8.18. The second-order valence-electron chi connectivity index (χ2n) is 11.0. The van der Waals surface area contributed by atoms with Crippen molar-refractivity contribution in [2.45, 2.75) is 64.7 Å². The molecule has 5 nitrogen and oxygen atoms in total. The van der Waals surface area contributed by atoms with Gasteiger partial charge in [-0.3, -0.25) is 4.79 Å². The normalized spacial score (nSPS) is 15.8. The van der Waals surface area contributed by atoms with Crippen LogP contribution in [0.2, 0.25) is 0 Å². The van der Waals surface area contributed by atoms with E-state index in [2.05, 4.69) is 54.3 Å². The van der Waals surface area contributed by atoms with Gasteiger partial charge < -0.3 is 9.80 Å². The zero-order valence-electron chi connectivity index (χ0n) is 23.0. The summed E-state index contributed by atoms with van der Waals surface area (Å²) in [6, 6.07) is 18.8. The molecular weight excluding hydrogens is 500 g/mol. The molecule has 202 valence electrons. The maximum absolute atomic E-state index is 13.3. The van der Waals surface area contributed by atoms with Crippen molar-refractivity contribution in [3.05, 3.63) is 87.6 Å². The summed E-state index contributed by atoms with van der Waals surface area (Å²) in [6.45, 7) is 5.22. The number of fused-ring (bicyclic) bond motifs is 3. The maximum atomic E-state index is 13.3. The van der Waals surface area contributed by atoms with E-state index in [0.29, 0.717) is 13.1 Å².